The van der Waals surface area contributed by atoms with E-state index < -0.39 is 20.3 Å². The molecule has 1 fully saturated rings. The normalized spacial score (nSPS) is 17.0. The van der Waals surface area contributed by atoms with E-state index in [2.05, 4.69) is 43.7 Å². The third kappa shape index (κ3) is 3.67. The maximum Gasteiger partial charge on any atom is 0.219 e. The molecule has 0 radical (unpaired) electrons. The van der Waals surface area contributed by atoms with Gasteiger partial charge in [0.2, 0.25) is 10.0 Å². The summed E-state index contributed by atoms with van der Waals surface area (Å²) in [7, 11) is -3.37. The van der Waals surface area contributed by atoms with Crippen LogP contribution in [0.3, 0.4) is 0 Å². The van der Waals surface area contributed by atoms with Gasteiger partial charge in [-0.25, -0.2) is 13.1 Å². The van der Waals surface area contributed by atoms with Crippen molar-refractivity contribution in [1.29, 1.82) is 0 Å². The van der Waals surface area contributed by atoms with Crippen molar-refractivity contribution >= 4 is 49.2 Å². The highest BCUT2D eigenvalue weighted by Gasteiger charge is 2.55. The van der Waals surface area contributed by atoms with Gasteiger partial charge in [0.15, 0.2) is 0 Å². The van der Waals surface area contributed by atoms with Crippen molar-refractivity contribution in [3.63, 3.8) is 0 Å². The van der Waals surface area contributed by atoms with E-state index in [0.29, 0.717) is 19.4 Å². The molecule has 1 aromatic heterocycles. The van der Waals surface area contributed by atoms with Crippen LogP contribution in [0.15, 0.2) is 30.5 Å². The number of sulfonamides is 1. The van der Waals surface area contributed by atoms with Crippen LogP contribution in [-0.2, 0) is 10.0 Å². The number of benzene rings is 1. The monoisotopic (exact) mass is 459 g/mol. The lowest BCUT2D eigenvalue weighted by molar-refractivity contribution is 0.482. The Morgan fingerprint density at radius 1 is 1.25 bits per heavy atom. The van der Waals surface area contributed by atoms with Crippen molar-refractivity contribution in [1.82, 2.24) is 9.71 Å². The fourth-order valence-corrected chi connectivity index (χ4v) is 5.14. The number of nitrogens with one attached hydrogen (secondary N) is 2. The predicted molar refractivity (Wildman–Crippen MR) is 107 cm³/mol. The van der Waals surface area contributed by atoms with Crippen molar-refractivity contribution in [2.24, 2.45) is 0 Å². The molecule has 1 aliphatic carbocycles. The van der Waals surface area contributed by atoms with Crippen molar-refractivity contribution in [3.8, 4) is 0 Å². The molecular formula is C17H22IN3O2S. The maximum atomic E-state index is 12.7. The Bertz CT molecular complexity index is 871. The standard InChI is InChI=1S/C17H22IN3O2S/c1-16(2,3)21-24(22,23)17(7-8-17)11-20-15-6-9-19-14-5-4-12(18)10-13(14)15/h4-6,9-10,21H,7-8,11H2,1-3H3,(H,19,20). The number of pyridine rings is 1. The molecule has 1 aliphatic rings. The first-order valence-corrected chi connectivity index (χ1v) is 10.5. The second-order valence-corrected chi connectivity index (χ2v) is 10.7. The van der Waals surface area contributed by atoms with Gasteiger partial charge in [0.05, 0.1) is 5.52 Å². The Morgan fingerprint density at radius 3 is 2.58 bits per heavy atom. The topological polar surface area (TPSA) is 71.1 Å². The number of hydrogen-bond donors (Lipinski definition) is 2. The molecule has 24 heavy (non-hydrogen) atoms. The highest BCUT2D eigenvalue weighted by Crippen LogP contribution is 2.44. The minimum atomic E-state index is -3.37. The number of aromatic nitrogens is 1. The van der Waals surface area contributed by atoms with Gasteiger partial charge in [-0.2, -0.15) is 0 Å². The molecule has 1 heterocycles. The molecule has 2 aromatic rings. The summed E-state index contributed by atoms with van der Waals surface area (Å²) in [5.41, 5.74) is 1.37. The van der Waals surface area contributed by atoms with Crippen LogP contribution in [0, 0.1) is 3.57 Å². The quantitative estimate of drug-likeness (QED) is 0.672. The van der Waals surface area contributed by atoms with Crippen molar-refractivity contribution in [2.75, 3.05) is 11.9 Å². The number of fused-ring (bicyclic) bond motifs is 1. The van der Waals surface area contributed by atoms with Crippen LogP contribution in [0.2, 0.25) is 0 Å². The number of nitrogens with zero attached hydrogens (tertiary/aromatic N) is 1. The van der Waals surface area contributed by atoms with E-state index in [1.54, 1.807) is 6.20 Å². The molecule has 0 saturated heterocycles. The summed E-state index contributed by atoms with van der Waals surface area (Å²) in [6, 6.07) is 7.96. The molecule has 0 spiro atoms. The maximum absolute atomic E-state index is 12.7. The highest BCUT2D eigenvalue weighted by atomic mass is 127. The summed E-state index contributed by atoms with van der Waals surface area (Å²) >= 11 is 2.27. The minimum absolute atomic E-state index is 0.406. The number of rotatable bonds is 5. The molecule has 1 saturated carbocycles. The van der Waals surface area contributed by atoms with E-state index in [0.717, 1.165) is 20.2 Å². The molecule has 130 valence electrons. The van der Waals surface area contributed by atoms with Gasteiger partial charge >= 0.3 is 0 Å². The lowest BCUT2D eigenvalue weighted by atomic mass is 10.1. The molecule has 0 unspecified atom stereocenters. The first kappa shape index (κ1) is 17.9. The number of hydrogen-bond acceptors (Lipinski definition) is 4. The first-order valence-electron chi connectivity index (χ1n) is 7.94. The molecule has 1 aromatic carbocycles. The first-order chi connectivity index (χ1) is 11.1. The van der Waals surface area contributed by atoms with E-state index in [4.69, 9.17) is 0 Å². The van der Waals surface area contributed by atoms with Gasteiger partial charge in [-0.3, -0.25) is 4.98 Å². The fraction of sp³-hybridized carbons (Fsp3) is 0.471. The van der Waals surface area contributed by atoms with Crippen LogP contribution in [0.4, 0.5) is 5.69 Å². The van der Waals surface area contributed by atoms with Crippen molar-refractivity contribution in [3.05, 3.63) is 34.0 Å². The van der Waals surface area contributed by atoms with Gasteiger partial charge in [-0.1, -0.05) is 0 Å². The zero-order valence-corrected chi connectivity index (χ0v) is 17.0. The van der Waals surface area contributed by atoms with Crippen LogP contribution in [0.25, 0.3) is 10.9 Å². The van der Waals surface area contributed by atoms with Gasteiger partial charge in [0.25, 0.3) is 0 Å². The van der Waals surface area contributed by atoms with E-state index in [-0.39, 0.29) is 0 Å². The minimum Gasteiger partial charge on any atom is -0.383 e. The van der Waals surface area contributed by atoms with E-state index in [1.807, 2.05) is 39.0 Å². The molecule has 7 heteroatoms. The third-order valence-corrected chi connectivity index (χ3v) is 7.37. The van der Waals surface area contributed by atoms with Crippen molar-refractivity contribution < 1.29 is 8.42 Å². The van der Waals surface area contributed by atoms with E-state index >= 15 is 0 Å². The molecule has 2 N–H and O–H groups in total. The van der Waals surface area contributed by atoms with Gasteiger partial charge in [0.1, 0.15) is 4.75 Å². The van der Waals surface area contributed by atoms with Gasteiger partial charge < -0.3 is 5.32 Å². The van der Waals surface area contributed by atoms with Crippen molar-refractivity contribution in [2.45, 2.75) is 43.9 Å². The summed E-state index contributed by atoms with van der Waals surface area (Å²) in [4.78, 5) is 4.37. The zero-order chi connectivity index (χ0) is 17.6. The Kier molecular flexibility index (Phi) is 4.55. The third-order valence-electron chi connectivity index (χ3n) is 4.12. The smallest absolute Gasteiger partial charge is 0.219 e. The van der Waals surface area contributed by atoms with E-state index in [9.17, 15) is 8.42 Å². The summed E-state index contributed by atoms with van der Waals surface area (Å²) in [6.45, 7) is 6.01. The van der Waals surface area contributed by atoms with Crippen LogP contribution < -0.4 is 10.0 Å². The summed E-state index contributed by atoms with van der Waals surface area (Å²) in [6.07, 6.45) is 3.12. The second kappa shape index (κ2) is 6.10. The van der Waals surface area contributed by atoms with Crippen LogP contribution in [-0.4, -0.2) is 30.2 Å². The Labute approximate surface area is 156 Å². The highest BCUT2D eigenvalue weighted by molar-refractivity contribution is 14.1. The zero-order valence-electron chi connectivity index (χ0n) is 14.1. The average molecular weight is 459 g/mol. The van der Waals surface area contributed by atoms with Crippen LogP contribution in [0.5, 0.6) is 0 Å². The largest absolute Gasteiger partial charge is 0.383 e. The predicted octanol–water partition coefficient (Wildman–Crippen LogP) is 3.50. The average Bonchev–Trinajstić information content (AvgIpc) is 3.24. The molecule has 5 nitrogen and oxygen atoms in total. The molecule has 0 aliphatic heterocycles. The van der Waals surface area contributed by atoms with Gasteiger partial charge in [-0.15, -0.1) is 0 Å². The summed E-state index contributed by atoms with van der Waals surface area (Å²) in [5.74, 6) is 0. The molecule has 3 rings (SSSR count). The lowest BCUT2D eigenvalue weighted by Gasteiger charge is -2.26. The molecule has 0 atom stereocenters. The van der Waals surface area contributed by atoms with Crippen LogP contribution >= 0.6 is 22.6 Å². The lowest BCUT2D eigenvalue weighted by Crippen LogP contribution is -2.48. The van der Waals surface area contributed by atoms with Gasteiger partial charge in [0, 0.05) is 32.9 Å². The van der Waals surface area contributed by atoms with Crippen LogP contribution in [0.1, 0.15) is 33.6 Å². The molecule has 0 bridgehead atoms. The Morgan fingerprint density at radius 2 is 1.96 bits per heavy atom. The molecular weight excluding hydrogens is 437 g/mol. The van der Waals surface area contributed by atoms with E-state index in [1.165, 1.54) is 0 Å². The fourth-order valence-electron chi connectivity index (χ4n) is 2.72. The number of anilines is 1. The Balaban J connectivity index is 1.83. The summed E-state index contributed by atoms with van der Waals surface area (Å²) in [5, 5.41) is 4.36. The van der Waals surface area contributed by atoms with Gasteiger partial charge in [-0.05, 0) is 80.5 Å². The number of halogens is 1. The second-order valence-electron chi connectivity index (χ2n) is 7.41. The summed E-state index contributed by atoms with van der Waals surface area (Å²) < 4.78 is 28.6. The molecule has 0 amide bonds. The SMILES string of the molecule is CC(C)(C)NS(=O)(=O)C1(CNc2ccnc3ccc(I)cc23)CC1. The Hall–Kier alpha value is -0.930.